The van der Waals surface area contributed by atoms with Gasteiger partial charge in [0.05, 0.1) is 12.8 Å². The maximum atomic E-state index is 11.6. The molecule has 0 saturated heterocycles. The highest BCUT2D eigenvalue weighted by molar-refractivity contribution is 14.0. The molecule has 1 aliphatic carbocycles. The summed E-state index contributed by atoms with van der Waals surface area (Å²) in [6.45, 7) is 7.20. The van der Waals surface area contributed by atoms with Crippen molar-refractivity contribution in [2.75, 3.05) is 39.0 Å². The van der Waals surface area contributed by atoms with Crippen molar-refractivity contribution in [3.8, 4) is 0 Å². The minimum absolute atomic E-state index is 0. The second kappa shape index (κ2) is 11.2. The maximum Gasteiger partial charge on any atom is 0.211 e. The third-order valence-electron chi connectivity index (χ3n) is 4.82. The molecule has 0 radical (unpaired) electrons. The van der Waals surface area contributed by atoms with Gasteiger partial charge in [0, 0.05) is 31.6 Å². The summed E-state index contributed by atoms with van der Waals surface area (Å²) in [4.78, 5) is 4.77. The third-order valence-corrected chi connectivity index (χ3v) is 6.20. The normalized spacial score (nSPS) is 15.9. The quantitative estimate of drug-likeness (QED) is 0.221. The average Bonchev–Trinajstić information content (AvgIpc) is 3.40. The van der Waals surface area contributed by atoms with Crippen LogP contribution in [0.3, 0.4) is 0 Å². The number of sulfonamides is 1. The molecular weight excluding hydrogens is 475 g/mol. The van der Waals surface area contributed by atoms with Gasteiger partial charge in [-0.05, 0) is 31.7 Å². The summed E-state index contributed by atoms with van der Waals surface area (Å²) in [7, 11) is -3.12. The molecule has 0 heterocycles. The number of nitrogens with one attached hydrogen (secondary N) is 2. The Hall–Kier alpha value is -0.870. The largest absolute Gasteiger partial charge is 0.357 e. The topological polar surface area (TPSA) is 73.8 Å². The van der Waals surface area contributed by atoms with Gasteiger partial charge in [0.25, 0.3) is 0 Å². The van der Waals surface area contributed by atoms with Crippen molar-refractivity contribution in [1.29, 1.82) is 0 Å². The van der Waals surface area contributed by atoms with Crippen molar-refractivity contribution in [2.24, 2.45) is 4.99 Å². The predicted octanol–water partition coefficient (Wildman–Crippen LogP) is 2.56. The van der Waals surface area contributed by atoms with Gasteiger partial charge in [0.15, 0.2) is 5.96 Å². The molecule has 1 aromatic rings. The average molecular weight is 508 g/mol. The molecule has 27 heavy (non-hydrogen) atoms. The fourth-order valence-corrected chi connectivity index (χ4v) is 4.00. The summed E-state index contributed by atoms with van der Waals surface area (Å²) in [6.07, 6.45) is 4.36. The molecule has 1 aliphatic rings. The molecule has 0 aliphatic heterocycles. The van der Waals surface area contributed by atoms with Crippen molar-refractivity contribution in [1.82, 2.24) is 14.9 Å². The van der Waals surface area contributed by atoms with Crippen LogP contribution in [-0.2, 0) is 15.4 Å². The summed E-state index contributed by atoms with van der Waals surface area (Å²) in [5.41, 5.74) is 1.56. The van der Waals surface area contributed by atoms with Gasteiger partial charge in [-0.2, -0.15) is 0 Å². The molecule has 6 nitrogen and oxygen atoms in total. The van der Waals surface area contributed by atoms with E-state index in [1.807, 2.05) is 19.9 Å². The molecule has 0 unspecified atom stereocenters. The highest BCUT2D eigenvalue weighted by Gasteiger charge is 2.43. The number of guanidine groups is 1. The van der Waals surface area contributed by atoms with Crippen LogP contribution in [0.1, 0.15) is 38.7 Å². The Balaban J connectivity index is 0.00000364. The van der Waals surface area contributed by atoms with Crippen molar-refractivity contribution in [2.45, 2.75) is 38.5 Å². The SMILES string of the molecule is CCNC(=NCC1(c2ccccc2)CC1)NCCCN(CC)S(C)(=O)=O.I. The van der Waals surface area contributed by atoms with Crippen LogP contribution >= 0.6 is 24.0 Å². The van der Waals surface area contributed by atoms with Gasteiger partial charge in [-0.1, -0.05) is 37.3 Å². The zero-order chi connectivity index (χ0) is 19.0. The van der Waals surface area contributed by atoms with Crippen LogP contribution in [-0.4, -0.2) is 57.7 Å². The fourth-order valence-electron chi connectivity index (χ4n) is 3.07. The smallest absolute Gasteiger partial charge is 0.211 e. The first-order valence-corrected chi connectivity index (χ1v) is 11.3. The standard InChI is InChI=1S/C19H32N4O2S.HI/c1-4-20-18(21-14-9-15-23(5-2)26(3,24)25)22-16-19(12-13-19)17-10-7-6-8-11-17;/h6-8,10-11H,4-5,9,12-16H2,1-3H3,(H2,20,21,22);1H. The Morgan fingerprint density at radius 3 is 2.37 bits per heavy atom. The summed E-state index contributed by atoms with van der Waals surface area (Å²) >= 11 is 0. The lowest BCUT2D eigenvalue weighted by molar-refractivity contribution is 0.424. The fraction of sp³-hybridized carbons (Fsp3) is 0.632. The summed E-state index contributed by atoms with van der Waals surface area (Å²) < 4.78 is 24.7. The first kappa shape index (κ1) is 24.2. The van der Waals surface area contributed by atoms with E-state index in [-0.39, 0.29) is 29.4 Å². The molecule has 0 aromatic heterocycles. The monoisotopic (exact) mass is 508 g/mol. The van der Waals surface area contributed by atoms with Crippen LogP contribution < -0.4 is 10.6 Å². The van der Waals surface area contributed by atoms with E-state index in [1.54, 1.807) is 0 Å². The number of benzene rings is 1. The molecule has 0 atom stereocenters. The number of hydrogen-bond acceptors (Lipinski definition) is 3. The minimum atomic E-state index is -3.12. The minimum Gasteiger partial charge on any atom is -0.357 e. The van der Waals surface area contributed by atoms with E-state index in [1.165, 1.54) is 29.0 Å². The molecule has 2 N–H and O–H groups in total. The van der Waals surface area contributed by atoms with E-state index in [2.05, 4.69) is 34.9 Å². The molecule has 154 valence electrons. The number of aliphatic imine (C=N–C) groups is 1. The van der Waals surface area contributed by atoms with Gasteiger partial charge in [0.2, 0.25) is 10.0 Å². The molecule has 0 amide bonds. The molecule has 0 spiro atoms. The Bertz CT molecular complexity index is 691. The molecule has 1 saturated carbocycles. The molecule has 8 heteroatoms. The van der Waals surface area contributed by atoms with Crippen LogP contribution in [0.2, 0.25) is 0 Å². The number of halogens is 1. The van der Waals surface area contributed by atoms with Crippen LogP contribution in [0.4, 0.5) is 0 Å². The second-order valence-corrected chi connectivity index (χ2v) is 8.86. The molecule has 1 aromatic carbocycles. The number of rotatable bonds is 10. The Morgan fingerprint density at radius 2 is 1.85 bits per heavy atom. The van der Waals surface area contributed by atoms with Crippen molar-refractivity contribution in [3.63, 3.8) is 0 Å². The number of hydrogen-bond donors (Lipinski definition) is 2. The van der Waals surface area contributed by atoms with Gasteiger partial charge in [-0.15, -0.1) is 24.0 Å². The van der Waals surface area contributed by atoms with Crippen molar-refractivity contribution in [3.05, 3.63) is 35.9 Å². The zero-order valence-corrected chi connectivity index (χ0v) is 19.7. The van der Waals surface area contributed by atoms with Crippen molar-refractivity contribution >= 4 is 40.0 Å². The van der Waals surface area contributed by atoms with E-state index in [9.17, 15) is 8.42 Å². The lowest BCUT2D eigenvalue weighted by atomic mass is 9.96. The van der Waals surface area contributed by atoms with Gasteiger partial charge in [-0.25, -0.2) is 12.7 Å². The van der Waals surface area contributed by atoms with Gasteiger partial charge < -0.3 is 10.6 Å². The summed E-state index contributed by atoms with van der Waals surface area (Å²) in [6, 6.07) is 10.6. The van der Waals surface area contributed by atoms with Crippen molar-refractivity contribution < 1.29 is 8.42 Å². The Kier molecular flexibility index (Phi) is 10.0. The Labute approximate surface area is 181 Å². The molecule has 2 rings (SSSR count). The lowest BCUT2D eigenvalue weighted by Crippen LogP contribution is -2.40. The second-order valence-electron chi connectivity index (χ2n) is 6.88. The van der Waals surface area contributed by atoms with Crippen LogP contribution in [0.25, 0.3) is 0 Å². The van der Waals surface area contributed by atoms with Gasteiger partial charge in [0.1, 0.15) is 0 Å². The number of nitrogens with zero attached hydrogens (tertiary/aromatic N) is 2. The van der Waals surface area contributed by atoms with E-state index >= 15 is 0 Å². The van der Waals surface area contributed by atoms with Crippen LogP contribution in [0.5, 0.6) is 0 Å². The zero-order valence-electron chi connectivity index (χ0n) is 16.6. The van der Waals surface area contributed by atoms with Crippen LogP contribution in [0.15, 0.2) is 35.3 Å². The van der Waals surface area contributed by atoms with Gasteiger partial charge >= 0.3 is 0 Å². The molecule has 0 bridgehead atoms. The summed E-state index contributed by atoms with van der Waals surface area (Å²) in [5, 5.41) is 6.59. The highest BCUT2D eigenvalue weighted by atomic mass is 127. The van der Waals surface area contributed by atoms with E-state index in [0.717, 1.165) is 25.5 Å². The Morgan fingerprint density at radius 1 is 1.19 bits per heavy atom. The van der Waals surface area contributed by atoms with Crippen LogP contribution in [0, 0.1) is 0 Å². The third kappa shape index (κ3) is 7.57. The maximum absolute atomic E-state index is 11.6. The lowest BCUT2D eigenvalue weighted by Gasteiger charge is -2.19. The van der Waals surface area contributed by atoms with E-state index in [0.29, 0.717) is 19.6 Å². The highest BCUT2D eigenvalue weighted by Crippen LogP contribution is 2.48. The predicted molar refractivity (Wildman–Crippen MR) is 123 cm³/mol. The first-order valence-electron chi connectivity index (χ1n) is 9.44. The first-order chi connectivity index (χ1) is 12.4. The van der Waals surface area contributed by atoms with E-state index in [4.69, 9.17) is 4.99 Å². The molecule has 1 fully saturated rings. The van der Waals surface area contributed by atoms with Gasteiger partial charge in [-0.3, -0.25) is 4.99 Å². The summed E-state index contributed by atoms with van der Waals surface area (Å²) in [5.74, 6) is 0.803. The molecular formula is C19H33IN4O2S. The van der Waals surface area contributed by atoms with E-state index < -0.39 is 10.0 Å².